The lowest BCUT2D eigenvalue weighted by atomic mass is 10.2. The smallest absolute Gasteiger partial charge is 0.242 e. The van der Waals surface area contributed by atoms with Crippen LogP contribution in [0.4, 0.5) is 0 Å². The maximum absolute atomic E-state index is 12.1. The van der Waals surface area contributed by atoms with Crippen LogP contribution in [0.2, 0.25) is 0 Å². The van der Waals surface area contributed by atoms with E-state index in [-0.39, 0.29) is 11.8 Å². The van der Waals surface area contributed by atoms with Crippen molar-refractivity contribution in [1.82, 2.24) is 15.2 Å². The van der Waals surface area contributed by atoms with Crippen molar-refractivity contribution in [3.63, 3.8) is 0 Å². The Balaban J connectivity index is 2.71. The standard InChI is InChI=1S/C12H19N3O2S/c1-7-10(18-9(3)14-7)6-11(16)15(5)8(2)12(17)13-4/h8H,6H2,1-5H3,(H,13,17)/t8-/m0/s1. The molecule has 0 saturated heterocycles. The highest BCUT2D eigenvalue weighted by atomic mass is 32.1. The van der Waals surface area contributed by atoms with Crippen molar-refractivity contribution in [2.75, 3.05) is 14.1 Å². The van der Waals surface area contributed by atoms with E-state index < -0.39 is 6.04 Å². The molecule has 0 radical (unpaired) electrons. The third-order valence-corrected chi connectivity index (χ3v) is 3.98. The summed E-state index contributed by atoms with van der Waals surface area (Å²) in [5, 5.41) is 3.49. The fraction of sp³-hybridized carbons (Fsp3) is 0.583. The first-order valence-electron chi connectivity index (χ1n) is 5.77. The Morgan fingerprint density at radius 1 is 1.44 bits per heavy atom. The maximum Gasteiger partial charge on any atom is 0.242 e. The summed E-state index contributed by atoms with van der Waals surface area (Å²) in [6.45, 7) is 5.53. The van der Waals surface area contributed by atoms with Crippen molar-refractivity contribution in [3.8, 4) is 0 Å². The van der Waals surface area contributed by atoms with E-state index in [2.05, 4.69) is 10.3 Å². The Labute approximate surface area is 111 Å². The molecule has 0 saturated carbocycles. The molecule has 0 fully saturated rings. The second kappa shape index (κ2) is 5.95. The number of aryl methyl sites for hydroxylation is 2. The van der Waals surface area contributed by atoms with Gasteiger partial charge in [0.1, 0.15) is 6.04 Å². The van der Waals surface area contributed by atoms with Crippen LogP contribution in [0.15, 0.2) is 0 Å². The topological polar surface area (TPSA) is 62.3 Å². The SMILES string of the molecule is CNC(=O)[C@H](C)N(C)C(=O)Cc1sc(C)nc1C. The van der Waals surface area contributed by atoms with Crippen LogP contribution in [-0.4, -0.2) is 41.8 Å². The zero-order valence-electron chi connectivity index (χ0n) is 11.4. The molecule has 5 nitrogen and oxygen atoms in total. The molecule has 6 heteroatoms. The maximum atomic E-state index is 12.1. The molecule has 0 aliphatic carbocycles. The molecule has 0 unspecified atom stereocenters. The Hall–Kier alpha value is -1.43. The van der Waals surface area contributed by atoms with E-state index in [0.717, 1.165) is 15.6 Å². The van der Waals surface area contributed by atoms with Gasteiger partial charge in [0, 0.05) is 19.0 Å². The van der Waals surface area contributed by atoms with Crippen molar-refractivity contribution in [2.24, 2.45) is 0 Å². The summed E-state index contributed by atoms with van der Waals surface area (Å²) >= 11 is 1.53. The molecule has 1 aromatic rings. The molecule has 1 N–H and O–H groups in total. The van der Waals surface area contributed by atoms with Crippen LogP contribution < -0.4 is 5.32 Å². The molecule has 0 aliphatic rings. The summed E-state index contributed by atoms with van der Waals surface area (Å²) in [5.74, 6) is -0.235. The Kier molecular flexibility index (Phi) is 4.84. The highest BCUT2D eigenvalue weighted by molar-refractivity contribution is 7.11. The number of likely N-dealkylation sites (N-methyl/N-ethyl adjacent to an activating group) is 2. The van der Waals surface area contributed by atoms with Gasteiger partial charge in [0.25, 0.3) is 0 Å². The summed E-state index contributed by atoms with van der Waals surface area (Å²) in [7, 11) is 3.21. The van der Waals surface area contributed by atoms with Gasteiger partial charge >= 0.3 is 0 Å². The van der Waals surface area contributed by atoms with E-state index in [1.165, 1.54) is 16.2 Å². The number of carbonyl (C=O) groups excluding carboxylic acids is 2. The second-order valence-electron chi connectivity index (χ2n) is 4.21. The van der Waals surface area contributed by atoms with Gasteiger partial charge in [0.05, 0.1) is 17.1 Å². The van der Waals surface area contributed by atoms with Crippen molar-refractivity contribution in [3.05, 3.63) is 15.6 Å². The van der Waals surface area contributed by atoms with E-state index in [1.807, 2.05) is 13.8 Å². The van der Waals surface area contributed by atoms with E-state index in [0.29, 0.717) is 6.42 Å². The number of aromatic nitrogens is 1. The predicted molar refractivity (Wildman–Crippen MR) is 71.6 cm³/mol. The lowest BCUT2D eigenvalue weighted by Crippen LogP contribution is -2.45. The Morgan fingerprint density at radius 2 is 2.06 bits per heavy atom. The van der Waals surface area contributed by atoms with Crippen LogP contribution in [0.5, 0.6) is 0 Å². The minimum Gasteiger partial charge on any atom is -0.357 e. The van der Waals surface area contributed by atoms with Crippen LogP contribution in [0.3, 0.4) is 0 Å². The minimum absolute atomic E-state index is 0.0714. The first-order valence-corrected chi connectivity index (χ1v) is 6.58. The van der Waals surface area contributed by atoms with Gasteiger partial charge < -0.3 is 10.2 Å². The van der Waals surface area contributed by atoms with Crippen molar-refractivity contribution in [1.29, 1.82) is 0 Å². The quantitative estimate of drug-likeness (QED) is 0.883. The molecule has 18 heavy (non-hydrogen) atoms. The fourth-order valence-corrected chi connectivity index (χ4v) is 2.53. The van der Waals surface area contributed by atoms with Gasteiger partial charge in [-0.3, -0.25) is 9.59 Å². The van der Waals surface area contributed by atoms with Gasteiger partial charge in [0.15, 0.2) is 0 Å². The van der Waals surface area contributed by atoms with Crippen LogP contribution in [0.1, 0.15) is 22.5 Å². The van der Waals surface area contributed by atoms with Gasteiger partial charge in [-0.15, -0.1) is 11.3 Å². The van der Waals surface area contributed by atoms with Crippen LogP contribution in [0.25, 0.3) is 0 Å². The number of nitrogens with zero attached hydrogens (tertiary/aromatic N) is 2. The van der Waals surface area contributed by atoms with E-state index >= 15 is 0 Å². The van der Waals surface area contributed by atoms with Gasteiger partial charge in [-0.25, -0.2) is 4.98 Å². The summed E-state index contributed by atoms with van der Waals surface area (Å²) < 4.78 is 0. The van der Waals surface area contributed by atoms with Crippen molar-refractivity contribution in [2.45, 2.75) is 33.2 Å². The molecule has 100 valence electrons. The van der Waals surface area contributed by atoms with E-state index in [4.69, 9.17) is 0 Å². The number of nitrogens with one attached hydrogen (secondary N) is 1. The monoisotopic (exact) mass is 269 g/mol. The highest BCUT2D eigenvalue weighted by Gasteiger charge is 2.22. The summed E-state index contributed by atoms with van der Waals surface area (Å²) in [5.41, 5.74) is 0.895. The molecular weight excluding hydrogens is 250 g/mol. The molecule has 0 aliphatic heterocycles. The predicted octanol–water partition coefficient (Wildman–Crippen LogP) is 0.895. The van der Waals surface area contributed by atoms with Gasteiger partial charge in [-0.2, -0.15) is 0 Å². The van der Waals surface area contributed by atoms with Crippen LogP contribution in [0, 0.1) is 13.8 Å². The average Bonchev–Trinajstić information content (AvgIpc) is 2.64. The Morgan fingerprint density at radius 3 is 2.50 bits per heavy atom. The second-order valence-corrected chi connectivity index (χ2v) is 5.50. The number of rotatable bonds is 4. The molecule has 0 aromatic carbocycles. The number of hydrogen-bond acceptors (Lipinski definition) is 4. The zero-order chi connectivity index (χ0) is 13.9. The van der Waals surface area contributed by atoms with Crippen molar-refractivity contribution < 1.29 is 9.59 Å². The molecule has 0 spiro atoms. The lowest BCUT2D eigenvalue weighted by molar-refractivity contribution is -0.137. The van der Waals surface area contributed by atoms with E-state index in [9.17, 15) is 9.59 Å². The third kappa shape index (κ3) is 3.29. The molecule has 1 atom stereocenters. The molecule has 0 bridgehead atoms. The van der Waals surface area contributed by atoms with E-state index in [1.54, 1.807) is 21.0 Å². The van der Waals surface area contributed by atoms with Crippen LogP contribution >= 0.6 is 11.3 Å². The highest BCUT2D eigenvalue weighted by Crippen LogP contribution is 2.18. The lowest BCUT2D eigenvalue weighted by Gasteiger charge is -2.23. The molecule has 1 heterocycles. The molecular formula is C12H19N3O2S. The fourth-order valence-electron chi connectivity index (χ4n) is 1.60. The average molecular weight is 269 g/mol. The number of thiazole rings is 1. The number of amides is 2. The van der Waals surface area contributed by atoms with Gasteiger partial charge in [-0.1, -0.05) is 0 Å². The number of hydrogen-bond donors (Lipinski definition) is 1. The first kappa shape index (κ1) is 14.6. The summed E-state index contributed by atoms with van der Waals surface area (Å²) in [6, 6.07) is -0.461. The first-order chi connectivity index (χ1) is 8.36. The zero-order valence-corrected chi connectivity index (χ0v) is 12.2. The van der Waals surface area contributed by atoms with Gasteiger partial charge in [-0.05, 0) is 20.8 Å². The van der Waals surface area contributed by atoms with Crippen LogP contribution in [-0.2, 0) is 16.0 Å². The largest absolute Gasteiger partial charge is 0.357 e. The van der Waals surface area contributed by atoms with Crippen molar-refractivity contribution >= 4 is 23.2 Å². The number of carbonyl (C=O) groups is 2. The normalized spacial score (nSPS) is 12.1. The summed E-state index contributed by atoms with van der Waals surface area (Å²) in [4.78, 5) is 30.2. The Bertz CT molecular complexity index is 456. The molecule has 1 aromatic heterocycles. The molecule has 1 rings (SSSR count). The third-order valence-electron chi connectivity index (χ3n) is 2.91. The minimum atomic E-state index is -0.461. The molecule has 2 amide bonds. The van der Waals surface area contributed by atoms with Gasteiger partial charge in [0.2, 0.25) is 11.8 Å². The summed E-state index contributed by atoms with van der Waals surface area (Å²) in [6.07, 6.45) is 0.301.